The number of carbonyl (C=O) groups is 2. The first-order valence-electron chi connectivity index (χ1n) is 9.32. The zero-order chi connectivity index (χ0) is 21.6. The fourth-order valence-electron chi connectivity index (χ4n) is 3.62. The van der Waals surface area contributed by atoms with E-state index in [-0.39, 0.29) is 34.6 Å². The Labute approximate surface area is 176 Å². The lowest BCUT2D eigenvalue weighted by atomic mass is 9.91. The molecule has 0 spiro atoms. The Hall–Kier alpha value is -3.13. The number of aryl methyl sites for hydroxylation is 1. The third kappa shape index (κ3) is 3.47. The number of benzene rings is 2. The van der Waals surface area contributed by atoms with Crippen LogP contribution < -0.4 is 10.6 Å². The van der Waals surface area contributed by atoms with Crippen LogP contribution in [0.1, 0.15) is 40.9 Å². The molecule has 1 aliphatic rings. The van der Waals surface area contributed by atoms with E-state index in [4.69, 9.17) is 0 Å². The van der Waals surface area contributed by atoms with Crippen LogP contribution in [0, 0.1) is 18.6 Å². The Balaban J connectivity index is 1.55. The van der Waals surface area contributed by atoms with Gasteiger partial charge in [0.25, 0.3) is 5.91 Å². The lowest BCUT2D eigenvalue weighted by Gasteiger charge is -2.19. The number of carbonyl (C=O) groups excluding carboxylic acids is 2. The summed E-state index contributed by atoms with van der Waals surface area (Å²) < 4.78 is 28.4. The van der Waals surface area contributed by atoms with E-state index in [2.05, 4.69) is 15.6 Å². The van der Waals surface area contributed by atoms with Crippen LogP contribution in [0.15, 0.2) is 35.7 Å². The SMILES string of the molecule is Cc1ccc(F)c(-c2csc(NC(=O)Cc3cccc4c3C(=O)NC4(C)C)n2)c1F. The average Bonchev–Trinajstić information content (AvgIpc) is 3.21. The minimum absolute atomic E-state index is 0.0191. The van der Waals surface area contributed by atoms with Gasteiger partial charge in [-0.2, -0.15) is 0 Å². The van der Waals surface area contributed by atoms with Crippen molar-refractivity contribution in [2.24, 2.45) is 0 Å². The molecule has 2 amide bonds. The van der Waals surface area contributed by atoms with Gasteiger partial charge in [-0.3, -0.25) is 9.59 Å². The first-order chi connectivity index (χ1) is 14.2. The average molecular weight is 427 g/mol. The van der Waals surface area contributed by atoms with Crippen molar-refractivity contribution in [3.8, 4) is 11.3 Å². The Bertz CT molecular complexity index is 1190. The lowest BCUT2D eigenvalue weighted by Crippen LogP contribution is -2.32. The molecule has 154 valence electrons. The van der Waals surface area contributed by atoms with Gasteiger partial charge in [-0.05, 0) is 43.5 Å². The molecule has 0 saturated carbocycles. The molecule has 4 rings (SSSR count). The number of rotatable bonds is 4. The monoisotopic (exact) mass is 427 g/mol. The van der Waals surface area contributed by atoms with Crippen molar-refractivity contribution in [1.82, 2.24) is 10.3 Å². The fourth-order valence-corrected chi connectivity index (χ4v) is 4.34. The largest absolute Gasteiger partial charge is 0.343 e. The molecule has 3 aromatic rings. The van der Waals surface area contributed by atoms with E-state index in [1.165, 1.54) is 17.5 Å². The Morgan fingerprint density at radius 2 is 1.97 bits per heavy atom. The van der Waals surface area contributed by atoms with Crippen molar-refractivity contribution in [1.29, 1.82) is 0 Å². The number of fused-ring (bicyclic) bond motifs is 1. The van der Waals surface area contributed by atoms with Gasteiger partial charge < -0.3 is 10.6 Å². The standard InChI is InChI=1S/C22H19F2N3O2S/c1-11-7-8-14(23)18(19(11)24)15-10-30-21(25-15)26-16(28)9-12-5-4-6-13-17(12)20(29)27-22(13,2)3/h4-8,10H,9H2,1-3H3,(H,27,29)(H,25,26,28). The Morgan fingerprint density at radius 1 is 1.20 bits per heavy atom. The molecule has 0 fully saturated rings. The molecule has 2 N–H and O–H groups in total. The highest BCUT2D eigenvalue weighted by molar-refractivity contribution is 7.14. The van der Waals surface area contributed by atoms with Crippen molar-refractivity contribution < 1.29 is 18.4 Å². The third-order valence-corrected chi connectivity index (χ3v) is 5.88. The van der Waals surface area contributed by atoms with Crippen LogP contribution in [0.25, 0.3) is 11.3 Å². The van der Waals surface area contributed by atoms with E-state index < -0.39 is 17.2 Å². The van der Waals surface area contributed by atoms with Gasteiger partial charge in [-0.15, -0.1) is 11.3 Å². The van der Waals surface area contributed by atoms with Crippen LogP contribution in [0.5, 0.6) is 0 Å². The van der Waals surface area contributed by atoms with Gasteiger partial charge in [0.15, 0.2) is 5.13 Å². The van der Waals surface area contributed by atoms with Crippen LogP contribution in [0.3, 0.4) is 0 Å². The number of halogens is 2. The highest BCUT2D eigenvalue weighted by Gasteiger charge is 2.36. The molecule has 0 atom stereocenters. The summed E-state index contributed by atoms with van der Waals surface area (Å²) in [5.74, 6) is -1.96. The van der Waals surface area contributed by atoms with Crippen molar-refractivity contribution in [3.63, 3.8) is 0 Å². The summed E-state index contributed by atoms with van der Waals surface area (Å²) in [6.45, 7) is 5.35. The lowest BCUT2D eigenvalue weighted by molar-refractivity contribution is -0.115. The number of hydrogen-bond acceptors (Lipinski definition) is 4. The zero-order valence-corrected chi connectivity index (χ0v) is 17.4. The summed E-state index contributed by atoms with van der Waals surface area (Å²) in [4.78, 5) is 29.1. The molecule has 1 aliphatic heterocycles. The van der Waals surface area contributed by atoms with Crippen LogP contribution in [-0.4, -0.2) is 16.8 Å². The second-order valence-electron chi connectivity index (χ2n) is 7.73. The van der Waals surface area contributed by atoms with Gasteiger partial charge in [0, 0.05) is 10.9 Å². The maximum atomic E-state index is 14.3. The van der Waals surface area contributed by atoms with Crippen LogP contribution in [0.2, 0.25) is 0 Å². The molecule has 5 nitrogen and oxygen atoms in total. The first-order valence-corrected chi connectivity index (χ1v) is 10.2. The molecule has 2 aromatic carbocycles. The van der Waals surface area contributed by atoms with Crippen molar-refractivity contribution in [2.75, 3.05) is 5.32 Å². The zero-order valence-electron chi connectivity index (χ0n) is 16.6. The number of hydrogen-bond donors (Lipinski definition) is 2. The molecule has 1 aromatic heterocycles. The maximum absolute atomic E-state index is 14.3. The smallest absolute Gasteiger partial charge is 0.252 e. The van der Waals surface area contributed by atoms with E-state index in [0.717, 1.165) is 16.9 Å². The van der Waals surface area contributed by atoms with Gasteiger partial charge in [0.05, 0.1) is 23.2 Å². The van der Waals surface area contributed by atoms with Gasteiger partial charge in [-0.25, -0.2) is 13.8 Å². The molecule has 0 saturated heterocycles. The predicted molar refractivity (Wildman–Crippen MR) is 111 cm³/mol. The normalized spacial score (nSPS) is 14.4. The second-order valence-corrected chi connectivity index (χ2v) is 8.59. The molecule has 8 heteroatoms. The number of nitrogens with zero attached hydrogens (tertiary/aromatic N) is 1. The van der Waals surface area contributed by atoms with Crippen molar-refractivity contribution >= 4 is 28.3 Å². The fraction of sp³-hybridized carbons (Fsp3) is 0.227. The highest BCUT2D eigenvalue weighted by Crippen LogP contribution is 2.33. The first kappa shape index (κ1) is 20.2. The molecular formula is C22H19F2N3O2S. The molecule has 2 heterocycles. The van der Waals surface area contributed by atoms with Gasteiger partial charge in [0.2, 0.25) is 5.91 Å². The number of thiazole rings is 1. The van der Waals surface area contributed by atoms with Crippen LogP contribution >= 0.6 is 11.3 Å². The Kier molecular flexibility index (Phi) is 4.89. The second kappa shape index (κ2) is 7.28. The maximum Gasteiger partial charge on any atom is 0.252 e. The summed E-state index contributed by atoms with van der Waals surface area (Å²) in [5, 5.41) is 7.28. The minimum Gasteiger partial charge on any atom is -0.343 e. The minimum atomic E-state index is -0.713. The van der Waals surface area contributed by atoms with E-state index >= 15 is 0 Å². The summed E-state index contributed by atoms with van der Waals surface area (Å²) >= 11 is 1.08. The third-order valence-electron chi connectivity index (χ3n) is 5.12. The van der Waals surface area contributed by atoms with Crippen LogP contribution in [-0.2, 0) is 16.8 Å². The number of amides is 2. The summed E-state index contributed by atoms with van der Waals surface area (Å²) in [6, 6.07) is 7.97. The molecule has 30 heavy (non-hydrogen) atoms. The molecule has 0 radical (unpaired) electrons. The summed E-state index contributed by atoms with van der Waals surface area (Å²) in [5.41, 5.74) is 1.69. The van der Waals surface area contributed by atoms with Crippen molar-refractivity contribution in [2.45, 2.75) is 32.7 Å². The molecule has 0 unspecified atom stereocenters. The number of anilines is 1. The van der Waals surface area contributed by atoms with Gasteiger partial charge in [-0.1, -0.05) is 24.3 Å². The molecular weight excluding hydrogens is 408 g/mol. The van der Waals surface area contributed by atoms with E-state index in [1.807, 2.05) is 26.0 Å². The summed E-state index contributed by atoms with van der Waals surface area (Å²) in [6.07, 6.45) is -0.0191. The topological polar surface area (TPSA) is 71.1 Å². The van der Waals surface area contributed by atoms with Gasteiger partial charge >= 0.3 is 0 Å². The van der Waals surface area contributed by atoms with Crippen LogP contribution in [0.4, 0.5) is 13.9 Å². The molecule has 0 bridgehead atoms. The number of aromatic nitrogens is 1. The molecule has 0 aliphatic carbocycles. The van der Waals surface area contributed by atoms with Crippen molar-refractivity contribution in [3.05, 3.63) is 69.6 Å². The predicted octanol–water partition coefficient (Wildman–Crippen LogP) is 4.56. The van der Waals surface area contributed by atoms with E-state index in [9.17, 15) is 18.4 Å². The van der Waals surface area contributed by atoms with E-state index in [1.54, 1.807) is 13.0 Å². The highest BCUT2D eigenvalue weighted by atomic mass is 32.1. The summed E-state index contributed by atoms with van der Waals surface area (Å²) in [7, 11) is 0. The Morgan fingerprint density at radius 3 is 2.73 bits per heavy atom. The quantitative estimate of drug-likeness (QED) is 0.641. The number of nitrogens with one attached hydrogen (secondary N) is 2. The van der Waals surface area contributed by atoms with Gasteiger partial charge in [0.1, 0.15) is 11.6 Å². The van der Waals surface area contributed by atoms with E-state index in [0.29, 0.717) is 16.7 Å².